The number of nitrogens with zero attached hydrogens (tertiary/aromatic N) is 10. The molecule has 122 heavy (non-hydrogen) atoms. The number of nitrogen functional groups attached to an aromatic ring is 5. The first-order chi connectivity index (χ1) is 58.5. The second kappa shape index (κ2) is 45.6. The molecule has 6 bridgehead atoms. The first kappa shape index (κ1) is 91.5. The van der Waals surface area contributed by atoms with Crippen molar-refractivity contribution < 1.29 is 38.5 Å². The molecule has 15 rings (SSSR count). The number of nitrogens with two attached hydrogens (primary N) is 5. The van der Waals surface area contributed by atoms with Gasteiger partial charge in [-0.05, 0) is 187 Å². The standard InChI is InChI=1S/C18H16ClN5O2.C17H14ClN5O2.C17H12ClN5O.C12H9Cl2N3O2.C8H9NO2.C6H8N2.C4HCl3N2/c1-26-17(25)11-4-2-6-13(8-11)22-16-15(19)10-21-18(24-16)23-14-7-3-5-12(20)9-14;18-14-9-20-17(22-13-6-2-4-11(19)8-13)23-15(14)21-12-5-1-3-10(7-12)16(24)25;18-14-9-19-17-22-13-6-2-5-12(8-13)21-16(24)10-3-1-4-11(7-10)20-15(14)23-17;1-19-11(18)7-3-2-4-8(5-7)16-10-9(13)6-15-12(14)17-10;1-11-8(10)6-3-2-4-7(9)5-6;7-5-2-1-3-6(8)4-5;5-2-1-8-4(7)9-3(2)6/h2-10H,20H2,1H3,(H2,21,22,23,24);1-9H,19H2,(H,24,25)(H2,20,21,22,23);1-9H,(H,21,24)(H2,19,20,22,23);2-6H,1H3,(H,15,16,17);2-5H,9H2,1H3;1-4H,7-8H2;1H. The average molecular weight is 1800 g/mol. The Hall–Kier alpha value is -14.4. The molecule has 32 nitrogen and oxygen atoms in total. The topological polar surface area (TPSA) is 496 Å². The average Bonchev–Trinajstić information content (AvgIpc) is 1.85. The minimum atomic E-state index is -1.01. The van der Waals surface area contributed by atoms with Crippen molar-refractivity contribution in [2.24, 2.45) is 0 Å². The van der Waals surface area contributed by atoms with Gasteiger partial charge in [0, 0.05) is 74.0 Å². The van der Waals surface area contributed by atoms with Crippen LogP contribution < -0.4 is 66.1 Å². The molecule has 0 fully saturated rings. The molecule has 14 aromatic rings. The van der Waals surface area contributed by atoms with Crippen molar-refractivity contribution >= 4 is 236 Å². The van der Waals surface area contributed by atoms with Crippen LogP contribution in [0.1, 0.15) is 47.3 Å². The van der Waals surface area contributed by atoms with E-state index in [1.165, 1.54) is 58.2 Å². The highest BCUT2D eigenvalue weighted by molar-refractivity contribution is 6.48. The van der Waals surface area contributed by atoms with E-state index in [9.17, 15) is 24.0 Å². The monoisotopic (exact) mass is 1800 g/mol. The van der Waals surface area contributed by atoms with Crippen LogP contribution in [-0.4, -0.2) is 110 Å². The zero-order valence-corrected chi connectivity index (χ0v) is 69.8. The molecule has 0 saturated carbocycles. The highest BCUT2D eigenvalue weighted by Crippen LogP contribution is 2.30. The Morgan fingerprint density at radius 3 is 1.21 bits per heavy atom. The molecule has 0 atom stereocenters. The third-order valence-corrected chi connectivity index (χ3v) is 17.5. The molecule has 0 spiro atoms. The number of fused-ring (bicyclic) bond motifs is 6. The second-order valence-electron chi connectivity index (χ2n) is 24.3. The maximum atomic E-state index is 12.4. The quantitative estimate of drug-likeness (QED) is 0.0158. The number of carboxylic acids is 1. The van der Waals surface area contributed by atoms with E-state index in [4.69, 9.17) is 131 Å². The van der Waals surface area contributed by atoms with Crippen molar-refractivity contribution in [3.05, 3.63) is 324 Å². The summed E-state index contributed by atoms with van der Waals surface area (Å²) in [6.45, 7) is 0. The fraction of sp³-hybridized carbons (Fsp3) is 0.0366. The highest BCUT2D eigenvalue weighted by atomic mass is 35.5. The number of methoxy groups -OCH3 is 3. The van der Waals surface area contributed by atoms with Gasteiger partial charge in [0.05, 0.1) is 89.5 Å². The van der Waals surface area contributed by atoms with E-state index in [0.29, 0.717) is 150 Å². The molecular weight excluding hydrogens is 1730 g/mol. The second-order valence-corrected chi connectivity index (χ2v) is 27.4. The summed E-state index contributed by atoms with van der Waals surface area (Å²) in [5.74, 6) is 0.530. The molecule has 5 aromatic heterocycles. The lowest BCUT2D eigenvalue weighted by molar-refractivity contribution is 0.0592. The molecule has 0 aliphatic carbocycles. The summed E-state index contributed by atoms with van der Waals surface area (Å²) in [7, 11) is 3.99. The summed E-state index contributed by atoms with van der Waals surface area (Å²) < 4.78 is 13.9. The Labute approximate surface area is 734 Å². The molecular formula is C82H69Cl8N23O9. The number of aromatic amines is 2. The lowest BCUT2D eigenvalue weighted by Crippen LogP contribution is -2.04. The van der Waals surface area contributed by atoms with Crippen LogP contribution in [0.4, 0.5) is 92.2 Å². The van der Waals surface area contributed by atoms with Crippen molar-refractivity contribution in [3.8, 4) is 0 Å². The lowest BCUT2D eigenvalue weighted by atomic mass is 10.2. The van der Waals surface area contributed by atoms with Crippen molar-refractivity contribution in [1.29, 1.82) is 0 Å². The lowest BCUT2D eigenvalue weighted by Gasteiger charge is -2.11. The van der Waals surface area contributed by atoms with Crippen LogP contribution in [0.3, 0.4) is 0 Å². The largest absolute Gasteiger partial charge is 0.478 e. The number of nitrogens with one attached hydrogen (secondary N) is 8. The smallest absolute Gasteiger partial charge is 0.337 e. The maximum Gasteiger partial charge on any atom is 0.337 e. The summed E-state index contributed by atoms with van der Waals surface area (Å²) in [5, 5.41) is 29.7. The van der Waals surface area contributed by atoms with E-state index in [1.54, 1.807) is 164 Å². The maximum absolute atomic E-state index is 12.4. The van der Waals surface area contributed by atoms with E-state index >= 15 is 0 Å². The van der Waals surface area contributed by atoms with Crippen molar-refractivity contribution in [2.75, 3.05) is 81.9 Å². The van der Waals surface area contributed by atoms with Crippen LogP contribution in [0, 0.1) is 0 Å². The van der Waals surface area contributed by atoms with Gasteiger partial charge in [0.25, 0.3) is 5.56 Å². The molecule has 9 aromatic carbocycles. The number of rotatable bonds is 14. The number of H-pyrrole nitrogens is 2. The number of benzene rings is 9. The zero-order valence-electron chi connectivity index (χ0n) is 63.8. The summed E-state index contributed by atoms with van der Waals surface area (Å²) in [6.07, 6.45) is 7.29. The van der Waals surface area contributed by atoms with Crippen LogP contribution >= 0.6 is 92.8 Å². The number of esters is 3. The first-order valence-electron chi connectivity index (χ1n) is 35.0. The normalized spacial score (nSPS) is 10.4. The number of carbonyl (C=O) groups is 4. The molecule has 0 radical (unpaired) electrons. The van der Waals surface area contributed by atoms with E-state index < -0.39 is 17.9 Å². The molecule has 6 heterocycles. The summed E-state index contributed by atoms with van der Waals surface area (Å²) in [6, 6.07) is 62.4. The summed E-state index contributed by atoms with van der Waals surface area (Å²) in [4.78, 5) is 104. The molecule has 0 saturated heterocycles. The minimum absolute atomic E-state index is 0.0797. The van der Waals surface area contributed by atoms with Crippen LogP contribution in [-0.2, 0) is 14.2 Å². The number of hydrogen-bond acceptors (Lipinski definition) is 29. The van der Waals surface area contributed by atoms with Crippen molar-refractivity contribution in [2.45, 2.75) is 0 Å². The van der Waals surface area contributed by atoms with Crippen molar-refractivity contribution in [3.63, 3.8) is 0 Å². The number of anilines is 16. The molecule has 0 unspecified atom stereocenters. The van der Waals surface area contributed by atoms with Gasteiger partial charge < -0.3 is 89.9 Å². The van der Waals surface area contributed by atoms with Gasteiger partial charge in [-0.15, -0.1) is 0 Å². The number of hydrogen-bond donors (Lipinski definition) is 14. The SMILES string of the molecule is COC(=O)c1cccc(N)c1.COC(=O)c1cccc(Nc2nc(Cl)ncc2Cl)c1.COC(=O)c1cccc(Nc2nc(Nc3cccc(N)c3)ncc2Cl)c1.Clc1ncc(Cl)c(Cl)n1.Nc1cccc(N)c1.Nc1cccc(Nc2ncc(Cl)c(Nc3cccc(C(=O)O)c3)n2)c1.O=c1[nH]c2cccc(c2)nc2[nH]c(nc3cccc1c3)C(Cl)=CN2. The van der Waals surface area contributed by atoms with E-state index in [-0.39, 0.29) is 32.8 Å². The Kier molecular flexibility index (Phi) is 34.2. The predicted octanol–water partition coefficient (Wildman–Crippen LogP) is 19.0. The van der Waals surface area contributed by atoms with Gasteiger partial charge in [-0.1, -0.05) is 124 Å². The van der Waals surface area contributed by atoms with Gasteiger partial charge in [0.1, 0.15) is 15.1 Å². The van der Waals surface area contributed by atoms with Crippen LogP contribution in [0.25, 0.3) is 27.0 Å². The van der Waals surface area contributed by atoms with Gasteiger partial charge in [0.15, 0.2) is 28.4 Å². The zero-order chi connectivity index (χ0) is 87.8. The van der Waals surface area contributed by atoms with Gasteiger partial charge in [-0.2, -0.15) is 15.0 Å². The third-order valence-electron chi connectivity index (χ3n) is 15.3. The number of halogens is 8. The van der Waals surface area contributed by atoms with Crippen molar-refractivity contribution in [1.82, 2.24) is 59.8 Å². The molecule has 19 N–H and O–H groups in total. The number of aromatic carboxylic acids is 1. The minimum Gasteiger partial charge on any atom is -0.478 e. The summed E-state index contributed by atoms with van der Waals surface area (Å²) in [5.41, 5.74) is 37.5. The Bertz CT molecular complexity index is 6260. The molecule has 622 valence electrons. The molecule has 1 aliphatic rings. The molecule has 0 amide bonds. The Balaban J connectivity index is 0.000000168. The van der Waals surface area contributed by atoms with Crippen LogP contribution in [0.5, 0.6) is 0 Å². The number of ether oxygens (including phenoxy) is 3. The Morgan fingerprint density at radius 2 is 0.762 bits per heavy atom. The van der Waals surface area contributed by atoms with E-state index in [0.717, 1.165) is 11.4 Å². The van der Waals surface area contributed by atoms with Gasteiger partial charge in [-0.3, -0.25) is 4.79 Å². The highest BCUT2D eigenvalue weighted by Gasteiger charge is 2.15. The first-order valence-corrected chi connectivity index (χ1v) is 38.0. The van der Waals surface area contributed by atoms with E-state index in [2.05, 4.69) is 101 Å². The molecule has 1 aliphatic heterocycles. The van der Waals surface area contributed by atoms with Crippen LogP contribution in [0.15, 0.2) is 254 Å². The third kappa shape index (κ3) is 29.3. The van der Waals surface area contributed by atoms with Gasteiger partial charge in [0.2, 0.25) is 28.4 Å². The number of aromatic nitrogens is 12. The fourth-order valence-electron chi connectivity index (χ4n) is 9.83. The van der Waals surface area contributed by atoms with E-state index in [1.807, 2.05) is 48.5 Å². The number of carboxylic acid groups (broad SMARTS) is 1. The van der Waals surface area contributed by atoms with Gasteiger partial charge in [-0.25, -0.2) is 54.1 Å². The van der Waals surface area contributed by atoms with Crippen LogP contribution in [0.2, 0.25) is 35.8 Å². The number of carbonyl (C=O) groups excluding carboxylic acids is 3. The van der Waals surface area contributed by atoms with Gasteiger partial charge >= 0.3 is 23.9 Å². The predicted molar refractivity (Wildman–Crippen MR) is 484 cm³/mol. The summed E-state index contributed by atoms with van der Waals surface area (Å²) >= 11 is 46.4. The molecule has 40 heteroatoms. The fourth-order valence-corrected chi connectivity index (χ4v) is 10.9. The Morgan fingerprint density at radius 1 is 0.377 bits per heavy atom.